The summed E-state index contributed by atoms with van der Waals surface area (Å²) in [5.74, 6) is -0.623. The van der Waals surface area contributed by atoms with Gasteiger partial charge in [-0.05, 0) is 24.3 Å². The van der Waals surface area contributed by atoms with Gasteiger partial charge in [0.2, 0.25) is 0 Å². The van der Waals surface area contributed by atoms with Gasteiger partial charge in [0.15, 0.2) is 11.6 Å². The summed E-state index contributed by atoms with van der Waals surface area (Å²) < 4.78 is 13.5. The quantitative estimate of drug-likeness (QED) is 0.718. The number of hydrogen-bond donors (Lipinski definition) is 0. The van der Waals surface area contributed by atoms with E-state index < -0.39 is 5.82 Å². The molecule has 3 heteroatoms. The van der Waals surface area contributed by atoms with Gasteiger partial charge in [0.25, 0.3) is 0 Å². The minimum absolute atomic E-state index is 0.00715. The average Bonchev–Trinajstić information content (AvgIpc) is 2.58. The maximum Gasteiger partial charge on any atom is 0.169 e. The first-order valence-electron chi connectivity index (χ1n) is 5.66. The van der Waals surface area contributed by atoms with Crippen LogP contribution in [0, 0.1) is 17.2 Å². The lowest BCUT2D eigenvalue weighted by Crippen LogP contribution is -2.26. The SMILES string of the molecule is CC1(C)CCCC1C(=O)c1ccncc1F. The molecule has 16 heavy (non-hydrogen) atoms. The van der Waals surface area contributed by atoms with Gasteiger partial charge in [0.1, 0.15) is 0 Å². The summed E-state index contributed by atoms with van der Waals surface area (Å²) in [5, 5.41) is 0. The lowest BCUT2D eigenvalue weighted by molar-refractivity contribution is 0.0834. The smallest absolute Gasteiger partial charge is 0.169 e. The third kappa shape index (κ3) is 1.86. The predicted molar refractivity (Wildman–Crippen MR) is 59.6 cm³/mol. The van der Waals surface area contributed by atoms with Crippen LogP contribution >= 0.6 is 0 Å². The summed E-state index contributed by atoms with van der Waals surface area (Å²) in [6.45, 7) is 4.17. The van der Waals surface area contributed by atoms with E-state index in [1.807, 2.05) is 0 Å². The van der Waals surface area contributed by atoms with Crippen molar-refractivity contribution in [3.63, 3.8) is 0 Å². The van der Waals surface area contributed by atoms with Gasteiger partial charge >= 0.3 is 0 Å². The number of ketones is 1. The van der Waals surface area contributed by atoms with Gasteiger partial charge in [0.05, 0.1) is 11.8 Å². The number of pyridine rings is 1. The highest BCUT2D eigenvalue weighted by atomic mass is 19.1. The van der Waals surface area contributed by atoms with Gasteiger partial charge in [-0.2, -0.15) is 0 Å². The van der Waals surface area contributed by atoms with Crippen LogP contribution in [0.3, 0.4) is 0 Å². The van der Waals surface area contributed by atoms with Crippen molar-refractivity contribution in [2.24, 2.45) is 11.3 Å². The van der Waals surface area contributed by atoms with Crippen molar-refractivity contribution < 1.29 is 9.18 Å². The van der Waals surface area contributed by atoms with Gasteiger partial charge in [0, 0.05) is 12.1 Å². The van der Waals surface area contributed by atoms with E-state index in [2.05, 4.69) is 18.8 Å². The van der Waals surface area contributed by atoms with E-state index in [-0.39, 0.29) is 22.7 Å². The molecule has 1 unspecified atom stereocenters. The van der Waals surface area contributed by atoms with E-state index >= 15 is 0 Å². The summed E-state index contributed by atoms with van der Waals surface area (Å²) in [5.41, 5.74) is 0.183. The first-order chi connectivity index (χ1) is 7.52. The summed E-state index contributed by atoms with van der Waals surface area (Å²) in [4.78, 5) is 15.9. The highest BCUT2D eigenvalue weighted by Gasteiger charge is 2.40. The van der Waals surface area contributed by atoms with Crippen molar-refractivity contribution in [3.05, 3.63) is 29.8 Å². The number of nitrogens with zero attached hydrogens (tertiary/aromatic N) is 1. The first-order valence-corrected chi connectivity index (χ1v) is 5.66. The van der Waals surface area contributed by atoms with Crippen LogP contribution in [0.1, 0.15) is 43.5 Å². The molecular weight excluding hydrogens is 205 g/mol. The predicted octanol–water partition coefficient (Wildman–Crippen LogP) is 3.23. The molecule has 1 heterocycles. The van der Waals surface area contributed by atoms with E-state index in [9.17, 15) is 9.18 Å². The molecule has 1 aromatic rings. The molecular formula is C13H16FNO. The molecule has 2 nitrogen and oxygen atoms in total. The Labute approximate surface area is 94.9 Å². The zero-order chi connectivity index (χ0) is 11.8. The Morgan fingerprint density at radius 1 is 1.56 bits per heavy atom. The van der Waals surface area contributed by atoms with Crippen molar-refractivity contribution in [2.75, 3.05) is 0 Å². The number of aromatic nitrogens is 1. The second-order valence-corrected chi connectivity index (χ2v) is 5.15. The van der Waals surface area contributed by atoms with Gasteiger partial charge in [-0.3, -0.25) is 9.78 Å². The molecule has 0 amide bonds. The highest BCUT2D eigenvalue weighted by Crippen LogP contribution is 2.44. The third-order valence-corrected chi connectivity index (χ3v) is 3.61. The third-order valence-electron chi connectivity index (χ3n) is 3.61. The summed E-state index contributed by atoms with van der Waals surface area (Å²) in [6.07, 6.45) is 5.53. The second-order valence-electron chi connectivity index (χ2n) is 5.15. The Bertz CT molecular complexity index is 414. The number of carbonyl (C=O) groups excluding carboxylic acids is 1. The van der Waals surface area contributed by atoms with Crippen molar-refractivity contribution in [1.82, 2.24) is 4.98 Å². The summed E-state index contributed by atoms with van der Waals surface area (Å²) >= 11 is 0. The van der Waals surface area contributed by atoms with Crippen LogP contribution in [0.5, 0.6) is 0 Å². The van der Waals surface area contributed by atoms with Crippen LogP contribution in [0.4, 0.5) is 4.39 Å². The van der Waals surface area contributed by atoms with Gasteiger partial charge in [-0.15, -0.1) is 0 Å². The Hall–Kier alpha value is -1.25. The molecule has 0 aliphatic heterocycles. The fourth-order valence-electron chi connectivity index (χ4n) is 2.58. The Balaban J connectivity index is 2.30. The number of hydrogen-bond acceptors (Lipinski definition) is 2. The van der Waals surface area contributed by atoms with Crippen LogP contribution in [0.2, 0.25) is 0 Å². The molecule has 1 saturated carbocycles. The van der Waals surface area contributed by atoms with E-state index in [4.69, 9.17) is 0 Å². The molecule has 0 spiro atoms. The fourth-order valence-corrected chi connectivity index (χ4v) is 2.58. The average molecular weight is 221 g/mol. The zero-order valence-electron chi connectivity index (χ0n) is 9.66. The van der Waals surface area contributed by atoms with Gasteiger partial charge in [-0.25, -0.2) is 4.39 Å². The van der Waals surface area contributed by atoms with Crippen LogP contribution in [0.25, 0.3) is 0 Å². The van der Waals surface area contributed by atoms with Crippen LogP contribution in [-0.4, -0.2) is 10.8 Å². The summed E-state index contributed by atoms with van der Waals surface area (Å²) in [6, 6.07) is 1.48. The monoisotopic (exact) mass is 221 g/mol. The second kappa shape index (κ2) is 3.96. The largest absolute Gasteiger partial charge is 0.294 e. The van der Waals surface area contributed by atoms with Crippen LogP contribution < -0.4 is 0 Å². The first kappa shape index (κ1) is 11.2. The maximum atomic E-state index is 13.5. The van der Waals surface area contributed by atoms with E-state index in [0.717, 1.165) is 25.5 Å². The van der Waals surface area contributed by atoms with Gasteiger partial charge in [-0.1, -0.05) is 20.3 Å². The van der Waals surface area contributed by atoms with E-state index in [0.29, 0.717) is 0 Å². The summed E-state index contributed by atoms with van der Waals surface area (Å²) in [7, 11) is 0. The van der Waals surface area contributed by atoms with Crippen molar-refractivity contribution in [3.8, 4) is 0 Å². The van der Waals surface area contributed by atoms with Crippen molar-refractivity contribution >= 4 is 5.78 Å². The molecule has 0 N–H and O–H groups in total. The van der Waals surface area contributed by atoms with Gasteiger partial charge < -0.3 is 0 Å². The number of Topliss-reactive ketones (excluding diaryl/α,β-unsaturated/α-hetero) is 1. The molecule has 1 aliphatic carbocycles. The molecule has 1 fully saturated rings. The Kier molecular flexibility index (Phi) is 2.78. The van der Waals surface area contributed by atoms with Crippen molar-refractivity contribution in [2.45, 2.75) is 33.1 Å². The molecule has 2 rings (SSSR count). The molecule has 1 aliphatic rings. The molecule has 86 valence electrons. The minimum atomic E-state index is -0.504. The molecule has 0 aromatic carbocycles. The fraction of sp³-hybridized carbons (Fsp3) is 0.538. The number of carbonyl (C=O) groups is 1. The molecule has 0 radical (unpaired) electrons. The van der Waals surface area contributed by atoms with E-state index in [1.165, 1.54) is 12.3 Å². The molecule has 1 atom stereocenters. The lowest BCUT2D eigenvalue weighted by Gasteiger charge is -2.25. The van der Waals surface area contributed by atoms with Crippen molar-refractivity contribution in [1.29, 1.82) is 0 Å². The minimum Gasteiger partial charge on any atom is -0.294 e. The number of halogens is 1. The number of rotatable bonds is 2. The normalized spacial score (nSPS) is 23.3. The topological polar surface area (TPSA) is 30.0 Å². The molecule has 0 bridgehead atoms. The highest BCUT2D eigenvalue weighted by molar-refractivity contribution is 5.98. The lowest BCUT2D eigenvalue weighted by atomic mass is 9.78. The Morgan fingerprint density at radius 2 is 2.31 bits per heavy atom. The standard InChI is InChI=1S/C13H16FNO/c1-13(2)6-3-4-10(13)12(16)9-5-7-15-8-11(9)14/h5,7-8,10H,3-4,6H2,1-2H3. The van der Waals surface area contributed by atoms with E-state index in [1.54, 1.807) is 0 Å². The molecule has 1 aromatic heterocycles. The molecule has 0 saturated heterocycles. The maximum absolute atomic E-state index is 13.5. The Morgan fingerprint density at radius 3 is 2.88 bits per heavy atom. The van der Waals surface area contributed by atoms with Crippen LogP contribution in [0.15, 0.2) is 18.5 Å². The van der Waals surface area contributed by atoms with Crippen LogP contribution in [-0.2, 0) is 0 Å². The zero-order valence-corrected chi connectivity index (χ0v) is 9.66.